The van der Waals surface area contributed by atoms with Crippen molar-refractivity contribution in [3.63, 3.8) is 0 Å². The first-order valence-corrected chi connectivity index (χ1v) is 11.8. The number of ether oxygens (including phenoxy) is 2. The van der Waals surface area contributed by atoms with Gasteiger partial charge in [0.2, 0.25) is 0 Å². The molecule has 0 spiro atoms. The van der Waals surface area contributed by atoms with Crippen molar-refractivity contribution in [3.8, 4) is 0 Å². The number of hydrogen-bond donors (Lipinski definition) is 2. The Labute approximate surface area is 189 Å². The van der Waals surface area contributed by atoms with Gasteiger partial charge in [-0.15, -0.1) is 0 Å². The summed E-state index contributed by atoms with van der Waals surface area (Å²) >= 11 is 2.11. The average molecular weight is 548 g/mol. The van der Waals surface area contributed by atoms with Crippen LogP contribution in [0, 0.1) is 11.8 Å². The fraction of sp³-hybridized carbons (Fsp3) is 0.857. The summed E-state index contributed by atoms with van der Waals surface area (Å²) in [6.45, 7) is 1.79. The number of carbonyl (C=O) groups is 1. The zero-order valence-electron chi connectivity index (χ0n) is 17.4. The number of aliphatic hydroxyl groups is 2. The fourth-order valence-electron chi connectivity index (χ4n) is 4.30. The van der Waals surface area contributed by atoms with Gasteiger partial charge in [0.05, 0.1) is 19.3 Å². The zero-order valence-corrected chi connectivity index (χ0v) is 19.5. The third-order valence-electron chi connectivity index (χ3n) is 6.06. The zero-order chi connectivity index (χ0) is 22.5. The lowest BCUT2D eigenvalue weighted by atomic mass is 9.87. The van der Waals surface area contributed by atoms with Gasteiger partial charge in [0.1, 0.15) is 18.4 Å². The van der Waals surface area contributed by atoms with Crippen molar-refractivity contribution in [1.29, 1.82) is 0 Å². The van der Waals surface area contributed by atoms with E-state index in [1.807, 2.05) is 0 Å². The van der Waals surface area contributed by atoms with Gasteiger partial charge in [-0.25, -0.2) is 13.2 Å². The molecule has 0 radical (unpaired) electrons. The molecule has 8 atom stereocenters. The van der Waals surface area contributed by atoms with Gasteiger partial charge in [0.25, 0.3) is 5.92 Å². The van der Waals surface area contributed by atoms with Crippen molar-refractivity contribution < 1.29 is 37.7 Å². The van der Waals surface area contributed by atoms with Crippen LogP contribution in [0.25, 0.3) is 0 Å². The number of hydrogen-bond acceptors (Lipinski definition) is 5. The molecule has 5 nitrogen and oxygen atoms in total. The normalized spacial score (nSPS) is 33.6. The molecule has 2 fully saturated rings. The minimum atomic E-state index is -3.26. The van der Waals surface area contributed by atoms with E-state index >= 15 is 4.39 Å². The molecule has 1 saturated carbocycles. The van der Waals surface area contributed by atoms with E-state index in [9.17, 15) is 23.8 Å². The summed E-state index contributed by atoms with van der Waals surface area (Å²) in [5, 5.41) is 20.2. The minimum Gasteiger partial charge on any atom is -0.469 e. The van der Waals surface area contributed by atoms with E-state index in [-0.39, 0.29) is 22.7 Å². The van der Waals surface area contributed by atoms with Crippen LogP contribution in [-0.2, 0) is 14.3 Å². The van der Waals surface area contributed by atoms with Gasteiger partial charge in [-0.05, 0) is 19.3 Å². The van der Waals surface area contributed by atoms with E-state index in [1.165, 1.54) is 13.2 Å². The number of alkyl halides is 4. The van der Waals surface area contributed by atoms with Crippen LogP contribution in [0.5, 0.6) is 0 Å². The number of methoxy groups -OCH3 is 1. The molecule has 0 bridgehead atoms. The third-order valence-corrected chi connectivity index (χ3v) is 7.39. The lowest BCUT2D eigenvalue weighted by Crippen LogP contribution is -2.35. The molecule has 2 aliphatic rings. The van der Waals surface area contributed by atoms with Crippen LogP contribution in [0.4, 0.5) is 13.2 Å². The van der Waals surface area contributed by atoms with Gasteiger partial charge in [-0.1, -0.05) is 48.1 Å². The number of carbonyl (C=O) groups excluding carboxylic acids is 1. The summed E-state index contributed by atoms with van der Waals surface area (Å²) < 4.78 is 53.5. The number of rotatable bonds is 11. The van der Waals surface area contributed by atoms with Crippen LogP contribution in [0.15, 0.2) is 12.2 Å². The molecule has 9 heteroatoms. The van der Waals surface area contributed by atoms with E-state index in [0.29, 0.717) is 25.7 Å². The maximum Gasteiger partial charge on any atom is 0.305 e. The molecular formula is C21H32F3IO5. The Morgan fingerprint density at radius 3 is 2.73 bits per heavy atom. The van der Waals surface area contributed by atoms with Crippen LogP contribution in [0.2, 0.25) is 0 Å². The fourth-order valence-corrected chi connectivity index (χ4v) is 5.31. The smallest absolute Gasteiger partial charge is 0.305 e. The molecule has 30 heavy (non-hydrogen) atoms. The van der Waals surface area contributed by atoms with E-state index in [0.717, 1.165) is 6.08 Å². The van der Waals surface area contributed by atoms with Gasteiger partial charge >= 0.3 is 5.97 Å². The van der Waals surface area contributed by atoms with Crippen LogP contribution < -0.4 is 0 Å². The molecule has 1 heterocycles. The molecule has 1 saturated heterocycles. The maximum atomic E-state index is 15.2. The van der Waals surface area contributed by atoms with Gasteiger partial charge in [0.15, 0.2) is 0 Å². The molecule has 0 aromatic heterocycles. The van der Waals surface area contributed by atoms with Crippen molar-refractivity contribution >= 4 is 28.6 Å². The maximum absolute atomic E-state index is 15.2. The first-order chi connectivity index (χ1) is 14.1. The van der Waals surface area contributed by atoms with Crippen molar-refractivity contribution in [1.82, 2.24) is 0 Å². The second-order valence-electron chi connectivity index (χ2n) is 8.22. The highest BCUT2D eigenvalue weighted by atomic mass is 127. The summed E-state index contributed by atoms with van der Waals surface area (Å²) in [4.78, 5) is 11.2. The average Bonchev–Trinajstić information content (AvgIpc) is 3.19. The number of unbranched alkanes of at least 4 members (excludes halogenated alkanes) is 1. The molecule has 0 aromatic carbocycles. The van der Waals surface area contributed by atoms with Crippen LogP contribution >= 0.6 is 22.6 Å². The van der Waals surface area contributed by atoms with Crippen LogP contribution in [0.1, 0.15) is 51.9 Å². The topological polar surface area (TPSA) is 76.0 Å². The Hall–Kier alpha value is -0.390. The summed E-state index contributed by atoms with van der Waals surface area (Å²) in [6.07, 6.45) is -1.03. The number of fused-ring (bicyclic) bond motifs is 1. The highest BCUT2D eigenvalue weighted by Crippen LogP contribution is 2.47. The molecular weight excluding hydrogens is 516 g/mol. The minimum absolute atomic E-state index is 0.168. The summed E-state index contributed by atoms with van der Waals surface area (Å²) in [5.41, 5.74) is 0. The van der Waals surface area contributed by atoms with Gasteiger partial charge in [-0.2, -0.15) is 0 Å². The first-order valence-electron chi connectivity index (χ1n) is 10.5. The molecule has 2 N–H and O–H groups in total. The standard InChI is InChI=1S/C21H32F3IO5/c1-3-4-10-21(23,24)16(27)9-8-12-14(26)11-15-18(12)19(22)20(30-15)13(25)6-5-7-17(28)29-2/h8-9,12-16,18-20,26-27H,3-7,10-11H2,1-2H3/t12-,13?,14+,15+,16+,18+,19-,20-/m0/s1. The van der Waals surface area contributed by atoms with Crippen molar-refractivity contribution in [2.45, 2.75) is 92.3 Å². The Morgan fingerprint density at radius 2 is 2.10 bits per heavy atom. The quantitative estimate of drug-likeness (QED) is 0.177. The van der Waals surface area contributed by atoms with Gasteiger partial charge in [-0.3, -0.25) is 4.79 Å². The Kier molecular flexibility index (Phi) is 9.89. The van der Waals surface area contributed by atoms with E-state index in [4.69, 9.17) is 4.74 Å². The Morgan fingerprint density at radius 1 is 1.40 bits per heavy atom. The number of aliphatic hydroxyl groups excluding tert-OH is 2. The third kappa shape index (κ3) is 6.32. The van der Waals surface area contributed by atoms with E-state index in [1.54, 1.807) is 6.92 Å². The summed E-state index contributed by atoms with van der Waals surface area (Å²) in [6, 6.07) is 0. The lowest BCUT2D eigenvalue weighted by molar-refractivity contribution is -0.140. The van der Waals surface area contributed by atoms with Gasteiger partial charge in [0, 0.05) is 35.0 Å². The highest BCUT2D eigenvalue weighted by molar-refractivity contribution is 14.1. The molecule has 0 amide bonds. The molecule has 1 unspecified atom stereocenters. The van der Waals surface area contributed by atoms with E-state index in [2.05, 4.69) is 27.3 Å². The van der Waals surface area contributed by atoms with Crippen LogP contribution in [-0.4, -0.2) is 63.7 Å². The Balaban J connectivity index is 1.97. The Bertz CT molecular complexity index is 591. The second kappa shape index (κ2) is 11.5. The van der Waals surface area contributed by atoms with Crippen molar-refractivity contribution in [3.05, 3.63) is 12.2 Å². The summed E-state index contributed by atoms with van der Waals surface area (Å²) in [7, 11) is 1.32. The summed E-state index contributed by atoms with van der Waals surface area (Å²) in [5.74, 6) is -4.91. The van der Waals surface area contributed by atoms with Gasteiger partial charge < -0.3 is 19.7 Å². The van der Waals surface area contributed by atoms with Crippen LogP contribution in [0.3, 0.4) is 0 Å². The first kappa shape index (κ1) is 25.9. The van der Waals surface area contributed by atoms with Crippen molar-refractivity contribution in [2.24, 2.45) is 11.8 Å². The lowest BCUT2D eigenvalue weighted by Gasteiger charge is -2.25. The molecule has 174 valence electrons. The number of halogens is 4. The molecule has 0 aromatic rings. The largest absolute Gasteiger partial charge is 0.469 e. The predicted octanol–water partition coefficient (Wildman–Crippen LogP) is 3.98. The van der Waals surface area contributed by atoms with E-state index < -0.39 is 54.8 Å². The SMILES string of the molecule is CCCCC(F)(F)[C@H](O)C=C[C@@H]1[C@H]2[C@H](F)[C@H](C(I)CCCC(=O)OC)O[C@@H]2C[C@H]1O. The monoisotopic (exact) mass is 548 g/mol. The second-order valence-corrected chi connectivity index (χ2v) is 9.82. The predicted molar refractivity (Wildman–Crippen MR) is 114 cm³/mol. The molecule has 1 aliphatic carbocycles. The highest BCUT2D eigenvalue weighted by Gasteiger charge is 2.56. The number of esters is 1. The molecule has 2 rings (SSSR count). The molecule has 1 aliphatic heterocycles. The van der Waals surface area contributed by atoms with Crippen molar-refractivity contribution in [2.75, 3.05) is 7.11 Å².